The molecule has 2 aromatic heterocycles. The van der Waals surface area contributed by atoms with Crippen molar-refractivity contribution in [2.75, 3.05) is 62.2 Å². The summed E-state index contributed by atoms with van der Waals surface area (Å²) in [5, 5.41) is 25.7. The Balaban J connectivity index is 0.651. The number of hydrogen-bond acceptors (Lipinski definition) is 13. The summed E-state index contributed by atoms with van der Waals surface area (Å²) in [6.07, 6.45) is 15.1. The Morgan fingerprint density at radius 1 is 0.840 bits per heavy atom. The highest BCUT2D eigenvalue weighted by atomic mass is 19.1. The van der Waals surface area contributed by atoms with Gasteiger partial charge in [-0.15, -0.1) is 0 Å². The van der Waals surface area contributed by atoms with Crippen LogP contribution in [0.25, 0.3) is 32.9 Å². The lowest BCUT2D eigenvalue weighted by Crippen LogP contribution is -2.52. The summed E-state index contributed by atoms with van der Waals surface area (Å²) in [5.41, 5.74) is 2.64. The van der Waals surface area contributed by atoms with E-state index in [0.717, 1.165) is 102 Å². The third-order valence-corrected chi connectivity index (χ3v) is 18.0. The van der Waals surface area contributed by atoms with E-state index in [1.54, 1.807) is 24.0 Å². The largest absolute Gasteiger partial charge is 0.508 e. The number of aromatic hydroxyl groups is 1. The highest BCUT2D eigenvalue weighted by Gasteiger charge is 2.46. The predicted octanol–water partition coefficient (Wildman–Crippen LogP) is 8.37. The number of hydrogen-bond donors (Lipinski definition) is 3. The van der Waals surface area contributed by atoms with Crippen LogP contribution in [0.15, 0.2) is 48.7 Å². The van der Waals surface area contributed by atoms with E-state index in [0.29, 0.717) is 84.0 Å². The zero-order valence-corrected chi connectivity index (χ0v) is 43.1. The molecule has 3 aromatic carbocycles. The van der Waals surface area contributed by atoms with Crippen molar-refractivity contribution in [3.05, 3.63) is 77.0 Å². The Labute approximate surface area is 436 Å². The van der Waals surface area contributed by atoms with Gasteiger partial charge < -0.3 is 39.3 Å². The van der Waals surface area contributed by atoms with Gasteiger partial charge in [-0.2, -0.15) is 9.97 Å². The van der Waals surface area contributed by atoms with Gasteiger partial charge in [0.05, 0.1) is 29.8 Å². The number of aryl methyl sites for hydroxylation is 1. The molecule has 4 saturated heterocycles. The van der Waals surface area contributed by atoms with E-state index in [2.05, 4.69) is 26.2 Å². The van der Waals surface area contributed by atoms with Crippen LogP contribution in [0.5, 0.6) is 11.8 Å². The Hall–Kier alpha value is -6.04. The van der Waals surface area contributed by atoms with Crippen molar-refractivity contribution in [3.8, 4) is 23.0 Å². The molecular weight excluding hydrogens is 959 g/mol. The number of aliphatic hydroxyl groups is 1. The number of rotatable bonds is 12. The van der Waals surface area contributed by atoms with E-state index < -0.39 is 23.3 Å². The minimum absolute atomic E-state index is 0.0108. The van der Waals surface area contributed by atoms with Gasteiger partial charge in [0.15, 0.2) is 5.82 Å². The van der Waals surface area contributed by atoms with Crippen LogP contribution in [0.3, 0.4) is 0 Å². The van der Waals surface area contributed by atoms with Crippen LogP contribution >= 0.6 is 0 Å². The third kappa shape index (κ3) is 9.77. The van der Waals surface area contributed by atoms with Gasteiger partial charge in [0.1, 0.15) is 34.6 Å². The molecule has 15 nitrogen and oxygen atoms in total. The zero-order chi connectivity index (χ0) is 51.8. The summed E-state index contributed by atoms with van der Waals surface area (Å²) >= 11 is 0. The number of imide groups is 1. The number of ether oxygens (including phenoxy) is 2. The van der Waals surface area contributed by atoms with Gasteiger partial charge >= 0.3 is 6.01 Å². The van der Waals surface area contributed by atoms with Crippen molar-refractivity contribution in [1.29, 1.82) is 0 Å². The lowest BCUT2D eigenvalue weighted by molar-refractivity contribution is -0.136. The van der Waals surface area contributed by atoms with Crippen LogP contribution in [0, 0.1) is 22.5 Å². The molecule has 0 unspecified atom stereocenters. The van der Waals surface area contributed by atoms with E-state index in [4.69, 9.17) is 19.4 Å². The number of nitrogens with zero attached hydrogens (tertiary/aromatic N) is 7. The minimum atomic E-state index is -0.967. The van der Waals surface area contributed by atoms with Gasteiger partial charge in [0.2, 0.25) is 11.8 Å². The van der Waals surface area contributed by atoms with Gasteiger partial charge in [-0.1, -0.05) is 13.0 Å². The average Bonchev–Trinajstić information content (AvgIpc) is 4.09. The second kappa shape index (κ2) is 19.5. The number of fused-ring (bicyclic) bond motifs is 3. The summed E-state index contributed by atoms with van der Waals surface area (Å²) in [6, 6.07) is 11.4. The molecule has 3 N–H and O–H groups in total. The lowest BCUT2D eigenvalue weighted by Gasteiger charge is -2.47. The number of pyridine rings is 1. The fourth-order valence-electron chi connectivity index (χ4n) is 13.5. The number of benzene rings is 3. The molecule has 2 atom stereocenters. The Kier molecular flexibility index (Phi) is 13.0. The van der Waals surface area contributed by atoms with Gasteiger partial charge in [-0.25, -0.2) is 8.78 Å². The molecule has 6 fully saturated rings. The molecule has 2 saturated carbocycles. The van der Waals surface area contributed by atoms with Crippen LogP contribution in [0.2, 0.25) is 0 Å². The zero-order valence-electron chi connectivity index (χ0n) is 43.1. The first kappa shape index (κ1) is 49.8. The van der Waals surface area contributed by atoms with Crippen molar-refractivity contribution in [3.63, 3.8) is 0 Å². The first-order valence-corrected chi connectivity index (χ1v) is 27.5. The van der Waals surface area contributed by atoms with Crippen LogP contribution in [0.4, 0.5) is 20.3 Å². The second-order valence-corrected chi connectivity index (χ2v) is 23.3. The number of β-amino-alcohol motifs (C(OH)–C–C–N with tert-alkyl or cyclic N) is 1. The van der Waals surface area contributed by atoms with Crippen LogP contribution in [0.1, 0.15) is 125 Å². The molecule has 7 aliphatic rings. The molecule has 0 bridgehead atoms. The molecule has 5 aliphatic heterocycles. The quantitative estimate of drug-likeness (QED) is 0.102. The molecule has 5 aromatic rings. The number of piperidine rings is 4. The fraction of sp³-hybridized carbons (Fsp3) is 0.552. The highest BCUT2D eigenvalue weighted by molar-refractivity contribution is 6.06. The topological polar surface area (TPSA) is 174 Å². The number of carbonyl (C=O) groups is 3. The number of anilines is 2. The second-order valence-electron chi connectivity index (χ2n) is 23.3. The molecule has 12 rings (SSSR count). The van der Waals surface area contributed by atoms with Gasteiger partial charge in [0.25, 0.3) is 5.91 Å². The van der Waals surface area contributed by atoms with Crippen LogP contribution in [-0.4, -0.2) is 129 Å². The van der Waals surface area contributed by atoms with E-state index in [9.17, 15) is 24.6 Å². The number of nitrogens with one attached hydrogen (secondary N) is 1. The summed E-state index contributed by atoms with van der Waals surface area (Å²) < 4.78 is 45.7. The van der Waals surface area contributed by atoms with Crippen LogP contribution in [-0.2, 0) is 27.3 Å². The van der Waals surface area contributed by atoms with Crippen molar-refractivity contribution in [1.82, 2.24) is 30.1 Å². The Morgan fingerprint density at radius 3 is 2.35 bits per heavy atom. The maximum Gasteiger partial charge on any atom is 0.319 e. The smallest absolute Gasteiger partial charge is 0.319 e. The first-order chi connectivity index (χ1) is 36.1. The molecule has 1 spiro atoms. The predicted molar refractivity (Wildman–Crippen MR) is 280 cm³/mol. The maximum atomic E-state index is 17.2. The third-order valence-electron chi connectivity index (χ3n) is 18.0. The number of likely N-dealkylation sites (tertiary alicyclic amines) is 1. The summed E-state index contributed by atoms with van der Waals surface area (Å²) in [7, 11) is 0. The van der Waals surface area contributed by atoms with Gasteiger partial charge in [-0.3, -0.25) is 24.7 Å². The minimum Gasteiger partial charge on any atom is -0.508 e. The number of phenols is 1. The van der Waals surface area contributed by atoms with E-state index in [1.165, 1.54) is 31.2 Å². The number of amides is 3. The van der Waals surface area contributed by atoms with Gasteiger partial charge in [0, 0.05) is 87.2 Å². The molecule has 17 heteroatoms. The molecule has 0 radical (unpaired) electrons. The molecule has 7 heterocycles. The SMILES string of the molecule is CCc1c(F)ccc2cc(O)cc(-c3ncc4c(N5CCC[C@@](C)(O)C5)nc(OCC5(CN6CCC(OC7CCC8(CC7)CCN(c7ccc9c(c7)CN([C@H]7CCC(=O)NC7=O)C9=O)CC8)CC6)CC5)nc4c3F)c12. The van der Waals surface area contributed by atoms with Crippen molar-refractivity contribution < 1.29 is 42.9 Å². The maximum absolute atomic E-state index is 17.2. The van der Waals surface area contributed by atoms with Crippen molar-refractivity contribution >= 4 is 50.9 Å². The normalized spacial score (nSPS) is 24.4. The monoisotopic (exact) mass is 1030 g/mol. The molecule has 2 aliphatic carbocycles. The fourth-order valence-corrected chi connectivity index (χ4v) is 13.5. The molecule has 75 heavy (non-hydrogen) atoms. The first-order valence-electron chi connectivity index (χ1n) is 27.5. The Bertz CT molecular complexity index is 3070. The van der Waals surface area contributed by atoms with Crippen LogP contribution < -0.4 is 19.9 Å². The lowest BCUT2D eigenvalue weighted by atomic mass is 9.67. The Morgan fingerprint density at radius 2 is 1.61 bits per heavy atom. The van der Waals surface area contributed by atoms with Crippen molar-refractivity contribution in [2.24, 2.45) is 10.8 Å². The number of halogens is 2. The number of carbonyl (C=O) groups excluding carboxylic acids is 3. The van der Waals surface area contributed by atoms with Gasteiger partial charge in [-0.05, 0) is 161 Å². The average molecular weight is 1030 g/mol. The summed E-state index contributed by atoms with van der Waals surface area (Å²) in [6.45, 7) is 10.0. The number of phenolic OH excluding ortho intramolecular Hbond substituents is 1. The van der Waals surface area contributed by atoms with E-state index in [1.807, 2.05) is 24.0 Å². The van der Waals surface area contributed by atoms with E-state index in [-0.39, 0.29) is 70.3 Å². The molecule has 3 amide bonds. The molecule has 396 valence electrons. The molecular formula is C58H68F2N8O7. The highest BCUT2D eigenvalue weighted by Crippen LogP contribution is 2.49. The van der Waals surface area contributed by atoms with Crippen molar-refractivity contribution in [2.45, 2.75) is 141 Å². The summed E-state index contributed by atoms with van der Waals surface area (Å²) in [4.78, 5) is 60.2. The standard InChI is InChI=1S/C58H68F2N8O7/c1-3-41-45(59)8-5-35-28-38(69)29-43(48(35)41)50-49(60)51-44(30-61-50)52(67-22-4-15-56(2,73)32-67)64-55(63-51)74-34-58(18-19-58)33-65-23-13-40(14-24-65)75-39-11-16-57(17-12-39)20-25-66(26-21-57)37-6-7-42-36(27-37)31-68(54(42)72)46-9-10-47(70)62-53(46)71/h5-8,27-30,39-40,46,69,73H,3-4,9-26,31-34H2,1-2H3,(H,62,70,71)/t46-,56+/m0/s1. The number of aromatic nitrogens is 3. The summed E-state index contributed by atoms with van der Waals surface area (Å²) in [5.74, 6) is -1.59. The van der Waals surface area contributed by atoms with E-state index >= 15 is 8.78 Å².